The molecule has 1 aromatic carbocycles. The lowest BCUT2D eigenvalue weighted by Gasteiger charge is -2.00. The average Bonchev–Trinajstić information content (AvgIpc) is 2.18. The fourth-order valence-corrected chi connectivity index (χ4v) is 1.25. The number of rotatable bonds is 1. The fourth-order valence-electron chi connectivity index (χ4n) is 1.25. The van der Waals surface area contributed by atoms with Crippen molar-refractivity contribution in [2.45, 2.75) is 13.3 Å². The molecule has 1 N–H and O–H groups in total. The molecule has 0 aliphatic rings. The Hall–Kier alpha value is -1.64. The van der Waals surface area contributed by atoms with Gasteiger partial charge in [-0.3, -0.25) is 0 Å². The van der Waals surface area contributed by atoms with Crippen LogP contribution in [0, 0.1) is 0 Å². The van der Waals surface area contributed by atoms with E-state index in [2.05, 4.69) is 9.97 Å². The maximum Gasteiger partial charge on any atom is 0.141 e. The molecule has 0 saturated carbocycles. The third-order valence-electron chi connectivity index (χ3n) is 1.96. The minimum absolute atomic E-state index is 0.217. The van der Waals surface area contributed by atoms with E-state index in [-0.39, 0.29) is 5.75 Å². The standard InChI is InChI=1S/C10H10N2O/c1-2-9-11-6-7-4-3-5-8(13)10(7)12-9/h3-6,13H,2H2,1H3. The van der Waals surface area contributed by atoms with E-state index in [1.54, 1.807) is 18.3 Å². The van der Waals surface area contributed by atoms with E-state index in [0.29, 0.717) is 5.52 Å². The van der Waals surface area contributed by atoms with Crippen LogP contribution in [0.2, 0.25) is 0 Å². The topological polar surface area (TPSA) is 46.0 Å². The zero-order valence-electron chi connectivity index (χ0n) is 7.36. The van der Waals surface area contributed by atoms with Gasteiger partial charge in [0.2, 0.25) is 0 Å². The Morgan fingerprint density at radius 3 is 3.00 bits per heavy atom. The van der Waals surface area contributed by atoms with Crippen molar-refractivity contribution in [3.8, 4) is 5.75 Å². The molecule has 2 aromatic rings. The highest BCUT2D eigenvalue weighted by molar-refractivity contribution is 5.83. The van der Waals surface area contributed by atoms with E-state index in [1.165, 1.54) is 0 Å². The third kappa shape index (κ3) is 1.33. The maximum absolute atomic E-state index is 9.50. The second-order valence-corrected chi connectivity index (χ2v) is 2.85. The molecule has 1 aromatic heterocycles. The highest BCUT2D eigenvalue weighted by atomic mass is 16.3. The molecule has 0 bridgehead atoms. The number of para-hydroxylation sites is 1. The molecule has 0 fully saturated rings. The summed E-state index contributed by atoms with van der Waals surface area (Å²) < 4.78 is 0. The Bertz CT molecular complexity index is 440. The number of benzene rings is 1. The Balaban J connectivity index is 2.74. The predicted molar refractivity (Wildman–Crippen MR) is 50.6 cm³/mol. The molecular weight excluding hydrogens is 164 g/mol. The molecule has 1 heterocycles. The Kier molecular flexibility index (Phi) is 1.85. The average molecular weight is 174 g/mol. The SMILES string of the molecule is CCc1ncc2cccc(O)c2n1. The smallest absolute Gasteiger partial charge is 0.141 e. The molecule has 0 atom stereocenters. The van der Waals surface area contributed by atoms with Crippen LogP contribution in [-0.4, -0.2) is 15.1 Å². The zero-order chi connectivity index (χ0) is 9.26. The second kappa shape index (κ2) is 3.01. The van der Waals surface area contributed by atoms with Crippen LogP contribution >= 0.6 is 0 Å². The number of aromatic nitrogens is 2. The zero-order valence-corrected chi connectivity index (χ0v) is 7.36. The summed E-state index contributed by atoms with van der Waals surface area (Å²) >= 11 is 0. The number of phenolic OH excluding ortho intramolecular Hbond substituents is 1. The number of fused-ring (bicyclic) bond motifs is 1. The van der Waals surface area contributed by atoms with E-state index < -0.39 is 0 Å². The Labute approximate surface area is 76.1 Å². The van der Waals surface area contributed by atoms with Crippen molar-refractivity contribution in [2.75, 3.05) is 0 Å². The van der Waals surface area contributed by atoms with Crippen LogP contribution in [0.5, 0.6) is 5.75 Å². The highest BCUT2D eigenvalue weighted by Gasteiger charge is 2.01. The summed E-state index contributed by atoms with van der Waals surface area (Å²) in [5.74, 6) is 0.976. The van der Waals surface area contributed by atoms with Gasteiger partial charge in [0.15, 0.2) is 0 Å². The van der Waals surface area contributed by atoms with Gasteiger partial charge in [-0.15, -0.1) is 0 Å². The van der Waals surface area contributed by atoms with Gasteiger partial charge in [-0.1, -0.05) is 19.1 Å². The normalized spacial score (nSPS) is 10.5. The highest BCUT2D eigenvalue weighted by Crippen LogP contribution is 2.21. The van der Waals surface area contributed by atoms with Crippen molar-refractivity contribution >= 4 is 10.9 Å². The van der Waals surface area contributed by atoms with Crippen molar-refractivity contribution in [3.05, 3.63) is 30.2 Å². The van der Waals surface area contributed by atoms with Crippen LogP contribution in [-0.2, 0) is 6.42 Å². The first-order valence-corrected chi connectivity index (χ1v) is 4.25. The van der Waals surface area contributed by atoms with Gasteiger partial charge in [0.25, 0.3) is 0 Å². The van der Waals surface area contributed by atoms with Gasteiger partial charge in [0.05, 0.1) is 0 Å². The molecule has 0 aliphatic carbocycles. The fraction of sp³-hybridized carbons (Fsp3) is 0.200. The number of hydrogen-bond donors (Lipinski definition) is 1. The van der Waals surface area contributed by atoms with Crippen molar-refractivity contribution in [1.82, 2.24) is 9.97 Å². The van der Waals surface area contributed by atoms with Crippen LogP contribution in [0.1, 0.15) is 12.7 Å². The quantitative estimate of drug-likeness (QED) is 0.718. The third-order valence-corrected chi connectivity index (χ3v) is 1.96. The summed E-state index contributed by atoms with van der Waals surface area (Å²) in [5.41, 5.74) is 0.634. The minimum atomic E-state index is 0.217. The van der Waals surface area contributed by atoms with E-state index in [1.807, 2.05) is 13.0 Å². The molecule has 0 saturated heterocycles. The monoisotopic (exact) mass is 174 g/mol. The number of aryl methyl sites for hydroxylation is 1. The van der Waals surface area contributed by atoms with E-state index in [4.69, 9.17) is 0 Å². The second-order valence-electron chi connectivity index (χ2n) is 2.85. The van der Waals surface area contributed by atoms with Gasteiger partial charge in [0, 0.05) is 18.0 Å². The number of nitrogens with zero attached hydrogens (tertiary/aromatic N) is 2. The number of aromatic hydroxyl groups is 1. The van der Waals surface area contributed by atoms with Crippen molar-refractivity contribution in [3.63, 3.8) is 0 Å². The van der Waals surface area contributed by atoms with Gasteiger partial charge in [-0.2, -0.15) is 0 Å². The molecule has 3 nitrogen and oxygen atoms in total. The number of hydrogen-bond acceptors (Lipinski definition) is 3. The molecule has 0 radical (unpaired) electrons. The predicted octanol–water partition coefficient (Wildman–Crippen LogP) is 1.90. The minimum Gasteiger partial charge on any atom is -0.506 e. The molecule has 2 rings (SSSR count). The van der Waals surface area contributed by atoms with Gasteiger partial charge >= 0.3 is 0 Å². The summed E-state index contributed by atoms with van der Waals surface area (Å²) in [5, 5.41) is 10.4. The lowest BCUT2D eigenvalue weighted by Crippen LogP contribution is -1.92. The molecular formula is C10H10N2O. The molecule has 3 heteroatoms. The first-order valence-electron chi connectivity index (χ1n) is 4.25. The lowest BCUT2D eigenvalue weighted by molar-refractivity contribution is 0.480. The maximum atomic E-state index is 9.50. The van der Waals surface area contributed by atoms with Crippen LogP contribution < -0.4 is 0 Å². The van der Waals surface area contributed by atoms with Crippen molar-refractivity contribution in [2.24, 2.45) is 0 Å². The van der Waals surface area contributed by atoms with Gasteiger partial charge in [-0.25, -0.2) is 9.97 Å². The largest absolute Gasteiger partial charge is 0.506 e. The summed E-state index contributed by atoms with van der Waals surface area (Å²) in [4.78, 5) is 8.38. The van der Waals surface area contributed by atoms with Gasteiger partial charge in [-0.05, 0) is 6.07 Å². The summed E-state index contributed by atoms with van der Waals surface area (Å²) in [6, 6.07) is 5.30. The molecule has 13 heavy (non-hydrogen) atoms. The molecule has 0 aliphatic heterocycles. The van der Waals surface area contributed by atoms with Crippen LogP contribution in [0.3, 0.4) is 0 Å². The van der Waals surface area contributed by atoms with Crippen molar-refractivity contribution in [1.29, 1.82) is 0 Å². The van der Waals surface area contributed by atoms with Gasteiger partial charge < -0.3 is 5.11 Å². The van der Waals surface area contributed by atoms with Crippen LogP contribution in [0.25, 0.3) is 10.9 Å². The molecule has 0 unspecified atom stereocenters. The van der Waals surface area contributed by atoms with E-state index in [9.17, 15) is 5.11 Å². The molecule has 0 spiro atoms. The summed E-state index contributed by atoms with van der Waals surface area (Å²) in [6.45, 7) is 1.99. The molecule has 0 amide bonds. The van der Waals surface area contributed by atoms with Crippen LogP contribution in [0.15, 0.2) is 24.4 Å². The lowest BCUT2D eigenvalue weighted by atomic mass is 10.2. The molecule has 66 valence electrons. The summed E-state index contributed by atoms with van der Waals surface area (Å²) in [6.07, 6.45) is 2.52. The van der Waals surface area contributed by atoms with E-state index >= 15 is 0 Å². The number of phenols is 1. The first kappa shape index (κ1) is 7.98. The van der Waals surface area contributed by atoms with Gasteiger partial charge in [0.1, 0.15) is 17.1 Å². The Morgan fingerprint density at radius 2 is 2.23 bits per heavy atom. The summed E-state index contributed by atoms with van der Waals surface area (Å²) in [7, 11) is 0. The first-order chi connectivity index (χ1) is 6.31. The van der Waals surface area contributed by atoms with Crippen LogP contribution in [0.4, 0.5) is 0 Å². The van der Waals surface area contributed by atoms with Crippen molar-refractivity contribution < 1.29 is 5.11 Å². The Morgan fingerprint density at radius 1 is 1.38 bits per heavy atom. The van der Waals surface area contributed by atoms with E-state index in [0.717, 1.165) is 17.6 Å².